The average Bonchev–Trinajstić information content (AvgIpc) is 2.12. The van der Waals surface area contributed by atoms with Gasteiger partial charge in [-0.15, -0.1) is 0 Å². The van der Waals surface area contributed by atoms with Crippen LogP contribution in [0, 0.1) is 19.7 Å². The van der Waals surface area contributed by atoms with Crippen molar-refractivity contribution in [3.63, 3.8) is 0 Å². The minimum atomic E-state index is -0.273. The smallest absolute Gasteiger partial charge is 0.153 e. The zero-order valence-electron chi connectivity index (χ0n) is 7.50. The summed E-state index contributed by atoms with van der Waals surface area (Å²) >= 11 is 0. The lowest BCUT2D eigenvalue weighted by molar-refractivity contribution is 0.627. The van der Waals surface area contributed by atoms with Gasteiger partial charge in [-0.25, -0.2) is 14.4 Å². The van der Waals surface area contributed by atoms with Crippen molar-refractivity contribution in [2.45, 2.75) is 13.8 Å². The fourth-order valence-electron chi connectivity index (χ4n) is 1.25. The van der Waals surface area contributed by atoms with Crippen LogP contribution in [0.25, 0.3) is 11.0 Å². The summed E-state index contributed by atoms with van der Waals surface area (Å²) in [7, 11) is 0. The van der Waals surface area contributed by atoms with Crippen molar-refractivity contribution >= 4 is 11.0 Å². The van der Waals surface area contributed by atoms with Crippen LogP contribution in [-0.2, 0) is 0 Å². The molecule has 0 saturated heterocycles. The van der Waals surface area contributed by atoms with Crippen molar-refractivity contribution in [1.82, 2.24) is 9.97 Å². The van der Waals surface area contributed by atoms with Gasteiger partial charge in [-0.05, 0) is 25.5 Å². The van der Waals surface area contributed by atoms with Crippen LogP contribution in [0.2, 0.25) is 0 Å². The van der Waals surface area contributed by atoms with Gasteiger partial charge in [0.1, 0.15) is 5.52 Å². The highest BCUT2D eigenvalue weighted by atomic mass is 19.1. The van der Waals surface area contributed by atoms with E-state index < -0.39 is 0 Å². The molecule has 0 saturated carbocycles. The fraction of sp³-hybridized carbons (Fsp3) is 0.200. The summed E-state index contributed by atoms with van der Waals surface area (Å²) in [5.41, 5.74) is 2.37. The van der Waals surface area contributed by atoms with Crippen LogP contribution in [-0.4, -0.2) is 9.97 Å². The Morgan fingerprint density at radius 2 is 2.00 bits per heavy atom. The molecule has 0 aliphatic carbocycles. The molecule has 0 fully saturated rings. The van der Waals surface area contributed by atoms with Gasteiger partial charge < -0.3 is 0 Å². The second-order valence-corrected chi connectivity index (χ2v) is 3.08. The number of rotatable bonds is 0. The monoisotopic (exact) mass is 176 g/mol. The van der Waals surface area contributed by atoms with Gasteiger partial charge in [0.15, 0.2) is 5.82 Å². The van der Waals surface area contributed by atoms with E-state index in [2.05, 4.69) is 9.97 Å². The molecule has 0 aliphatic rings. The Morgan fingerprint density at radius 1 is 1.23 bits per heavy atom. The second-order valence-electron chi connectivity index (χ2n) is 3.08. The van der Waals surface area contributed by atoms with E-state index in [1.807, 2.05) is 6.92 Å². The van der Waals surface area contributed by atoms with Gasteiger partial charge in [0.2, 0.25) is 0 Å². The van der Waals surface area contributed by atoms with Crippen LogP contribution >= 0.6 is 0 Å². The van der Waals surface area contributed by atoms with Gasteiger partial charge in [0, 0.05) is 6.20 Å². The number of hydrogen-bond donors (Lipinski definition) is 0. The molecule has 0 unspecified atom stereocenters. The lowest BCUT2D eigenvalue weighted by Crippen LogP contribution is -1.92. The number of hydrogen-bond acceptors (Lipinski definition) is 2. The van der Waals surface area contributed by atoms with Crippen molar-refractivity contribution in [2.24, 2.45) is 0 Å². The van der Waals surface area contributed by atoms with Gasteiger partial charge in [-0.2, -0.15) is 0 Å². The topological polar surface area (TPSA) is 25.8 Å². The average molecular weight is 176 g/mol. The molecule has 0 radical (unpaired) electrons. The second kappa shape index (κ2) is 2.76. The van der Waals surface area contributed by atoms with Crippen molar-refractivity contribution < 1.29 is 4.39 Å². The predicted molar refractivity (Wildman–Crippen MR) is 49.0 cm³/mol. The van der Waals surface area contributed by atoms with E-state index in [0.717, 1.165) is 5.69 Å². The molecular weight excluding hydrogens is 167 g/mol. The largest absolute Gasteiger partial charge is 0.250 e. The molecule has 0 atom stereocenters. The summed E-state index contributed by atoms with van der Waals surface area (Å²) in [6.45, 7) is 3.56. The fourth-order valence-corrected chi connectivity index (χ4v) is 1.25. The standard InChI is InChI=1S/C10H9FN2/c1-6-3-4-8-10(9(6)11)12-5-7(2)13-8/h3-5H,1-2H3. The molecule has 0 N–H and O–H groups in total. The van der Waals surface area contributed by atoms with Crippen LogP contribution < -0.4 is 0 Å². The molecule has 66 valence electrons. The number of benzene rings is 1. The number of aryl methyl sites for hydroxylation is 2. The van der Waals surface area contributed by atoms with Crippen LogP contribution in [0.3, 0.4) is 0 Å². The van der Waals surface area contributed by atoms with E-state index in [4.69, 9.17) is 0 Å². The maximum Gasteiger partial charge on any atom is 0.153 e. The molecule has 0 bridgehead atoms. The quantitative estimate of drug-likeness (QED) is 0.616. The molecule has 13 heavy (non-hydrogen) atoms. The van der Waals surface area contributed by atoms with Gasteiger partial charge in [-0.3, -0.25) is 0 Å². The Kier molecular flexibility index (Phi) is 1.72. The highest BCUT2D eigenvalue weighted by Crippen LogP contribution is 2.16. The molecule has 0 amide bonds. The van der Waals surface area contributed by atoms with E-state index in [1.54, 1.807) is 25.3 Å². The molecule has 3 heteroatoms. The molecule has 0 aliphatic heterocycles. The molecule has 1 aromatic heterocycles. The van der Waals surface area contributed by atoms with Crippen LogP contribution in [0.1, 0.15) is 11.3 Å². The summed E-state index contributed by atoms with van der Waals surface area (Å²) in [4.78, 5) is 8.18. The highest BCUT2D eigenvalue weighted by Gasteiger charge is 2.05. The molecule has 2 rings (SSSR count). The SMILES string of the molecule is Cc1cnc2c(F)c(C)ccc2n1. The molecule has 2 nitrogen and oxygen atoms in total. The van der Waals surface area contributed by atoms with Gasteiger partial charge in [-0.1, -0.05) is 6.07 Å². The third-order valence-electron chi connectivity index (χ3n) is 1.97. The minimum Gasteiger partial charge on any atom is -0.250 e. The first-order chi connectivity index (χ1) is 6.18. The Hall–Kier alpha value is -1.51. The van der Waals surface area contributed by atoms with E-state index >= 15 is 0 Å². The van der Waals surface area contributed by atoms with Gasteiger partial charge in [0.05, 0.1) is 11.2 Å². The first-order valence-corrected chi connectivity index (χ1v) is 4.07. The van der Waals surface area contributed by atoms with Crippen molar-refractivity contribution in [1.29, 1.82) is 0 Å². The highest BCUT2D eigenvalue weighted by molar-refractivity contribution is 5.75. The lowest BCUT2D eigenvalue weighted by Gasteiger charge is -2.01. The predicted octanol–water partition coefficient (Wildman–Crippen LogP) is 2.39. The van der Waals surface area contributed by atoms with Crippen LogP contribution in [0.5, 0.6) is 0 Å². The number of halogens is 1. The van der Waals surface area contributed by atoms with E-state index in [9.17, 15) is 4.39 Å². The number of aromatic nitrogens is 2. The number of nitrogens with zero attached hydrogens (tertiary/aromatic N) is 2. The van der Waals surface area contributed by atoms with Gasteiger partial charge >= 0.3 is 0 Å². The summed E-state index contributed by atoms with van der Waals surface area (Å²) in [5, 5.41) is 0. The zero-order valence-corrected chi connectivity index (χ0v) is 7.50. The molecule has 1 heterocycles. The van der Waals surface area contributed by atoms with Crippen LogP contribution in [0.15, 0.2) is 18.3 Å². The summed E-state index contributed by atoms with van der Waals surface area (Å²) < 4.78 is 13.4. The summed E-state index contributed by atoms with van der Waals surface area (Å²) in [6.07, 6.45) is 1.57. The summed E-state index contributed by atoms with van der Waals surface area (Å²) in [6, 6.07) is 3.50. The Balaban J connectivity index is 2.87. The number of fused-ring (bicyclic) bond motifs is 1. The minimum absolute atomic E-state index is 0.273. The van der Waals surface area contributed by atoms with Gasteiger partial charge in [0.25, 0.3) is 0 Å². The Bertz CT molecular complexity index is 466. The van der Waals surface area contributed by atoms with Crippen molar-refractivity contribution in [3.05, 3.63) is 35.4 Å². The molecule has 1 aromatic carbocycles. The van der Waals surface area contributed by atoms with E-state index in [0.29, 0.717) is 16.6 Å². The first kappa shape index (κ1) is 8.10. The van der Waals surface area contributed by atoms with E-state index in [-0.39, 0.29) is 5.82 Å². The van der Waals surface area contributed by atoms with E-state index in [1.165, 1.54) is 0 Å². The molecule has 0 spiro atoms. The molecular formula is C10H9FN2. The van der Waals surface area contributed by atoms with Crippen molar-refractivity contribution in [3.8, 4) is 0 Å². The third kappa shape index (κ3) is 1.26. The molecule has 2 aromatic rings. The van der Waals surface area contributed by atoms with Crippen LogP contribution in [0.4, 0.5) is 4.39 Å². The third-order valence-corrected chi connectivity index (χ3v) is 1.97. The maximum absolute atomic E-state index is 13.4. The first-order valence-electron chi connectivity index (χ1n) is 4.07. The van der Waals surface area contributed by atoms with Crippen molar-refractivity contribution in [2.75, 3.05) is 0 Å². The summed E-state index contributed by atoms with van der Waals surface area (Å²) in [5.74, 6) is -0.273. The lowest BCUT2D eigenvalue weighted by atomic mass is 10.2. The normalized spacial score (nSPS) is 10.7. The Labute approximate surface area is 75.4 Å². The zero-order chi connectivity index (χ0) is 9.42. The maximum atomic E-state index is 13.4. The Morgan fingerprint density at radius 3 is 2.77 bits per heavy atom.